The second-order valence-corrected chi connectivity index (χ2v) is 4.75. The van der Waals surface area contributed by atoms with Crippen LogP contribution in [0.3, 0.4) is 0 Å². The first kappa shape index (κ1) is 12.6. The van der Waals surface area contributed by atoms with Crippen molar-refractivity contribution in [2.45, 2.75) is 18.9 Å². The molecule has 2 rings (SSSR count). The van der Waals surface area contributed by atoms with Gasteiger partial charge in [0.1, 0.15) is 0 Å². The normalized spacial score (nSPS) is 18.9. The quantitative estimate of drug-likeness (QED) is 0.620. The number of hydrogen-bond donors (Lipinski definition) is 1. The van der Waals surface area contributed by atoms with E-state index >= 15 is 0 Å². The second-order valence-electron chi connectivity index (χ2n) is 3.51. The Bertz CT molecular complexity index is 461. The molecular weight excluding hydrogens is 350 g/mol. The first-order valence-corrected chi connectivity index (χ1v) is 5.75. The predicted molar refractivity (Wildman–Crippen MR) is 60.9 cm³/mol. The molecular formula is C10H7F3INO2. The molecule has 3 nitrogen and oxygen atoms in total. The SMILES string of the molecule is O=C(OC1NCc2cc(I)ccc21)C(F)(F)F. The fourth-order valence-corrected chi connectivity index (χ4v) is 2.13. The highest BCUT2D eigenvalue weighted by molar-refractivity contribution is 14.1. The van der Waals surface area contributed by atoms with Gasteiger partial charge in [-0.2, -0.15) is 13.2 Å². The van der Waals surface area contributed by atoms with E-state index in [2.05, 4.69) is 32.6 Å². The van der Waals surface area contributed by atoms with Gasteiger partial charge in [-0.1, -0.05) is 6.07 Å². The van der Waals surface area contributed by atoms with Gasteiger partial charge in [-0.15, -0.1) is 0 Å². The minimum absolute atomic E-state index is 0.391. The third-order valence-electron chi connectivity index (χ3n) is 2.32. The molecule has 1 aromatic rings. The molecule has 1 N–H and O–H groups in total. The van der Waals surface area contributed by atoms with Crippen molar-refractivity contribution in [2.24, 2.45) is 0 Å². The summed E-state index contributed by atoms with van der Waals surface area (Å²) in [6, 6.07) is 5.25. The summed E-state index contributed by atoms with van der Waals surface area (Å²) >= 11 is 2.10. The van der Waals surface area contributed by atoms with Crippen molar-refractivity contribution in [3.63, 3.8) is 0 Å². The van der Waals surface area contributed by atoms with E-state index in [0.29, 0.717) is 12.1 Å². The Morgan fingerprint density at radius 2 is 2.18 bits per heavy atom. The Balaban J connectivity index is 2.15. The second kappa shape index (κ2) is 4.45. The number of carbonyl (C=O) groups is 1. The van der Waals surface area contributed by atoms with E-state index in [-0.39, 0.29) is 0 Å². The molecule has 7 heteroatoms. The first-order valence-electron chi connectivity index (χ1n) is 4.67. The average molecular weight is 357 g/mol. The highest BCUT2D eigenvalue weighted by Gasteiger charge is 2.43. The highest BCUT2D eigenvalue weighted by Crippen LogP contribution is 2.29. The molecule has 1 aromatic carbocycles. The molecule has 0 bridgehead atoms. The van der Waals surface area contributed by atoms with E-state index in [1.807, 2.05) is 6.07 Å². The molecule has 0 radical (unpaired) electrons. The third-order valence-corrected chi connectivity index (χ3v) is 2.99. The van der Waals surface area contributed by atoms with Crippen LogP contribution in [0.2, 0.25) is 0 Å². The summed E-state index contributed by atoms with van der Waals surface area (Å²) in [4.78, 5) is 10.7. The smallest absolute Gasteiger partial charge is 0.436 e. The Hall–Kier alpha value is -0.830. The predicted octanol–water partition coefficient (Wildman–Crippen LogP) is 2.50. The van der Waals surface area contributed by atoms with Crippen molar-refractivity contribution < 1.29 is 22.7 Å². The van der Waals surface area contributed by atoms with E-state index in [1.165, 1.54) is 0 Å². The number of ether oxygens (including phenoxy) is 1. The molecule has 0 saturated heterocycles. The van der Waals surface area contributed by atoms with Gasteiger partial charge in [-0.3, -0.25) is 5.32 Å². The Morgan fingerprint density at radius 1 is 1.47 bits per heavy atom. The lowest BCUT2D eigenvalue weighted by atomic mass is 10.1. The van der Waals surface area contributed by atoms with Crippen LogP contribution in [0.4, 0.5) is 13.2 Å². The van der Waals surface area contributed by atoms with E-state index in [9.17, 15) is 18.0 Å². The van der Waals surface area contributed by atoms with Crippen molar-refractivity contribution in [1.29, 1.82) is 0 Å². The topological polar surface area (TPSA) is 38.3 Å². The lowest BCUT2D eigenvalue weighted by Crippen LogP contribution is -2.30. The molecule has 1 atom stereocenters. The minimum atomic E-state index is -4.96. The van der Waals surface area contributed by atoms with Gasteiger partial charge in [-0.25, -0.2) is 4.79 Å². The average Bonchev–Trinajstić information content (AvgIpc) is 2.59. The zero-order valence-corrected chi connectivity index (χ0v) is 10.5. The minimum Gasteiger partial charge on any atom is -0.436 e. The number of fused-ring (bicyclic) bond motifs is 1. The van der Waals surface area contributed by atoms with E-state index < -0.39 is 18.4 Å². The number of alkyl halides is 3. The summed E-state index contributed by atoms with van der Waals surface area (Å²) in [5.41, 5.74) is 1.42. The van der Waals surface area contributed by atoms with E-state index in [0.717, 1.165) is 9.13 Å². The Kier molecular flexibility index (Phi) is 3.30. The summed E-state index contributed by atoms with van der Waals surface area (Å²) in [7, 11) is 0. The van der Waals surface area contributed by atoms with Crippen molar-refractivity contribution in [1.82, 2.24) is 5.32 Å². The maximum absolute atomic E-state index is 12.0. The van der Waals surface area contributed by atoms with Crippen LogP contribution in [-0.4, -0.2) is 12.1 Å². The van der Waals surface area contributed by atoms with Gasteiger partial charge in [0.25, 0.3) is 0 Å². The highest BCUT2D eigenvalue weighted by atomic mass is 127. The molecule has 0 aliphatic carbocycles. The van der Waals surface area contributed by atoms with Crippen molar-refractivity contribution in [2.75, 3.05) is 0 Å². The summed E-state index contributed by atoms with van der Waals surface area (Å²) in [5, 5.41) is 2.71. The summed E-state index contributed by atoms with van der Waals surface area (Å²) in [5.74, 6) is -2.18. The number of nitrogens with one attached hydrogen (secondary N) is 1. The van der Waals surface area contributed by atoms with Gasteiger partial charge in [-0.05, 0) is 40.3 Å². The van der Waals surface area contributed by atoms with Gasteiger partial charge in [0.2, 0.25) is 0 Å². The fourth-order valence-electron chi connectivity index (χ4n) is 1.57. The molecule has 0 amide bonds. The van der Waals surface area contributed by atoms with Crippen LogP contribution in [0, 0.1) is 3.57 Å². The maximum Gasteiger partial charge on any atom is 0.490 e. The van der Waals surface area contributed by atoms with Crippen LogP contribution in [0.5, 0.6) is 0 Å². The van der Waals surface area contributed by atoms with E-state index in [1.54, 1.807) is 12.1 Å². The third kappa shape index (κ3) is 2.71. The maximum atomic E-state index is 12.0. The molecule has 17 heavy (non-hydrogen) atoms. The van der Waals surface area contributed by atoms with Gasteiger partial charge >= 0.3 is 12.1 Å². The Labute approximate surface area is 108 Å². The number of benzene rings is 1. The molecule has 0 spiro atoms. The molecule has 92 valence electrons. The lowest BCUT2D eigenvalue weighted by molar-refractivity contribution is -0.206. The summed E-state index contributed by atoms with van der Waals surface area (Å²) < 4.78 is 41.5. The van der Waals surface area contributed by atoms with Crippen molar-refractivity contribution in [3.8, 4) is 0 Å². The molecule has 1 aliphatic heterocycles. The van der Waals surface area contributed by atoms with Crippen molar-refractivity contribution >= 4 is 28.6 Å². The monoisotopic (exact) mass is 357 g/mol. The summed E-state index contributed by atoms with van der Waals surface area (Å²) in [6.45, 7) is 0.391. The van der Waals surface area contributed by atoms with Crippen LogP contribution >= 0.6 is 22.6 Å². The number of hydrogen-bond acceptors (Lipinski definition) is 3. The number of halogens is 4. The van der Waals surface area contributed by atoms with Crippen LogP contribution < -0.4 is 5.32 Å². The standard InChI is InChI=1S/C10H7F3INO2/c11-10(12,13)9(16)17-8-7-2-1-6(14)3-5(7)4-15-8/h1-3,8,15H,4H2. The molecule has 0 saturated carbocycles. The summed E-state index contributed by atoms with van der Waals surface area (Å²) in [6.07, 6.45) is -5.98. The number of esters is 1. The molecule has 0 fully saturated rings. The van der Waals surface area contributed by atoms with Crippen LogP contribution in [-0.2, 0) is 16.1 Å². The molecule has 1 heterocycles. The Morgan fingerprint density at radius 3 is 2.82 bits per heavy atom. The van der Waals surface area contributed by atoms with Gasteiger partial charge in [0.15, 0.2) is 6.23 Å². The zero-order valence-electron chi connectivity index (χ0n) is 8.34. The van der Waals surface area contributed by atoms with Gasteiger partial charge in [0, 0.05) is 15.7 Å². The molecule has 0 aromatic heterocycles. The van der Waals surface area contributed by atoms with Crippen LogP contribution in [0.25, 0.3) is 0 Å². The first-order chi connectivity index (χ1) is 7.88. The number of carbonyl (C=O) groups excluding carboxylic acids is 1. The fraction of sp³-hybridized carbons (Fsp3) is 0.300. The van der Waals surface area contributed by atoms with Gasteiger partial charge < -0.3 is 4.74 Å². The van der Waals surface area contributed by atoms with Crippen LogP contribution in [0.15, 0.2) is 18.2 Å². The molecule has 1 unspecified atom stereocenters. The largest absolute Gasteiger partial charge is 0.490 e. The van der Waals surface area contributed by atoms with Crippen LogP contribution in [0.1, 0.15) is 17.4 Å². The van der Waals surface area contributed by atoms with Crippen molar-refractivity contribution in [3.05, 3.63) is 32.9 Å². The van der Waals surface area contributed by atoms with Gasteiger partial charge in [0.05, 0.1) is 0 Å². The lowest BCUT2D eigenvalue weighted by Gasteiger charge is -2.14. The zero-order chi connectivity index (χ0) is 12.6. The molecule has 1 aliphatic rings. The van der Waals surface area contributed by atoms with E-state index in [4.69, 9.17) is 0 Å². The number of rotatable bonds is 1.